The maximum Gasteiger partial charge on any atom is 0.407 e. The average molecular weight is 294 g/mol. The van der Waals surface area contributed by atoms with Gasteiger partial charge in [-0.2, -0.15) is 0 Å². The molecule has 7 heteroatoms. The number of hydrogen-bond donors (Lipinski definition) is 1. The number of hydrogen-bond acceptors (Lipinski definition) is 6. The summed E-state index contributed by atoms with van der Waals surface area (Å²) in [6.07, 6.45) is -0.707. The zero-order valence-electron chi connectivity index (χ0n) is 12.2. The average Bonchev–Trinajstić information content (AvgIpc) is 2.51. The molecule has 0 radical (unpaired) electrons. The van der Waals surface area contributed by atoms with Crippen LogP contribution in [-0.2, 0) is 14.3 Å². The summed E-state index contributed by atoms with van der Waals surface area (Å²) in [5.41, 5.74) is 1.51. The molecule has 0 bridgehead atoms. The number of alkyl carbamates (subject to hydrolysis) is 1. The minimum Gasteiger partial charge on any atom is -0.490 e. The van der Waals surface area contributed by atoms with Gasteiger partial charge in [-0.15, -0.1) is 0 Å². The van der Waals surface area contributed by atoms with Crippen molar-refractivity contribution in [3.8, 4) is 5.75 Å². The van der Waals surface area contributed by atoms with E-state index in [-0.39, 0.29) is 0 Å². The maximum absolute atomic E-state index is 11.9. The number of rotatable bonds is 3. The molecule has 0 aliphatic carbocycles. The first-order valence-electron chi connectivity index (χ1n) is 6.47. The second-order valence-electron chi connectivity index (χ2n) is 4.59. The van der Waals surface area contributed by atoms with Crippen LogP contribution in [0.4, 0.5) is 10.5 Å². The first-order chi connectivity index (χ1) is 10.1. The van der Waals surface area contributed by atoms with E-state index in [0.717, 1.165) is 12.2 Å². The third-order valence-corrected chi connectivity index (χ3v) is 3.30. The molecule has 1 N–H and O–H groups in total. The topological polar surface area (TPSA) is 77.1 Å². The predicted molar refractivity (Wildman–Crippen MR) is 75.5 cm³/mol. The molecule has 7 nitrogen and oxygen atoms in total. The SMILES string of the molecule is COC(=O)N[C@H](C(=O)OC)c1ccc2c(c1)OCCN2C. The molecular formula is C14H18N2O5. The van der Waals surface area contributed by atoms with Gasteiger partial charge in [-0.1, -0.05) is 6.07 Å². The van der Waals surface area contributed by atoms with Crippen LogP contribution in [0.5, 0.6) is 5.75 Å². The van der Waals surface area contributed by atoms with E-state index >= 15 is 0 Å². The Balaban J connectivity index is 2.32. The Morgan fingerprint density at radius 3 is 2.76 bits per heavy atom. The standard InChI is InChI=1S/C14H18N2O5/c1-16-6-7-21-11-8-9(4-5-10(11)16)12(13(17)19-2)15-14(18)20-3/h4-5,8,12H,6-7H2,1-3H3,(H,15,18)/t12-/m0/s1. The minimum absolute atomic E-state index is 0.570. The van der Waals surface area contributed by atoms with E-state index in [1.807, 2.05) is 13.1 Å². The highest BCUT2D eigenvalue weighted by atomic mass is 16.5. The van der Waals surface area contributed by atoms with Gasteiger partial charge < -0.3 is 24.4 Å². The zero-order chi connectivity index (χ0) is 15.4. The molecule has 0 spiro atoms. The molecule has 0 unspecified atom stereocenters. The van der Waals surface area contributed by atoms with Crippen molar-refractivity contribution in [2.45, 2.75) is 6.04 Å². The number of fused-ring (bicyclic) bond motifs is 1. The summed E-state index contributed by atoms with van der Waals surface area (Å²) in [4.78, 5) is 25.3. The molecular weight excluding hydrogens is 276 g/mol. The molecule has 0 fully saturated rings. The van der Waals surface area contributed by atoms with Crippen LogP contribution in [0, 0.1) is 0 Å². The van der Waals surface area contributed by atoms with Crippen molar-refractivity contribution in [3.63, 3.8) is 0 Å². The van der Waals surface area contributed by atoms with Gasteiger partial charge in [0, 0.05) is 7.05 Å². The number of esters is 1. The lowest BCUT2D eigenvalue weighted by Gasteiger charge is -2.28. The van der Waals surface area contributed by atoms with E-state index in [1.54, 1.807) is 12.1 Å². The largest absolute Gasteiger partial charge is 0.490 e. The Hall–Kier alpha value is -2.44. The maximum atomic E-state index is 11.9. The number of anilines is 1. The molecule has 1 aliphatic rings. The normalized spacial score (nSPS) is 14.5. The van der Waals surface area contributed by atoms with Gasteiger partial charge in [0.1, 0.15) is 12.4 Å². The Morgan fingerprint density at radius 2 is 2.10 bits per heavy atom. The van der Waals surface area contributed by atoms with Gasteiger partial charge in [-0.05, 0) is 17.7 Å². The molecule has 0 saturated heterocycles. The number of likely N-dealkylation sites (N-methyl/N-ethyl adjacent to an activating group) is 1. The quantitative estimate of drug-likeness (QED) is 0.841. The van der Waals surface area contributed by atoms with Crippen LogP contribution >= 0.6 is 0 Å². The molecule has 114 valence electrons. The molecule has 21 heavy (non-hydrogen) atoms. The fraction of sp³-hybridized carbons (Fsp3) is 0.429. The smallest absolute Gasteiger partial charge is 0.407 e. The van der Waals surface area contributed by atoms with Gasteiger partial charge in [-0.25, -0.2) is 9.59 Å². The molecule has 1 aliphatic heterocycles. The van der Waals surface area contributed by atoms with Crippen molar-refractivity contribution < 1.29 is 23.8 Å². The van der Waals surface area contributed by atoms with E-state index in [9.17, 15) is 9.59 Å². The van der Waals surface area contributed by atoms with Crippen molar-refractivity contribution in [2.24, 2.45) is 0 Å². The Bertz CT molecular complexity index is 546. The monoisotopic (exact) mass is 294 g/mol. The van der Waals surface area contributed by atoms with E-state index in [2.05, 4.69) is 15.0 Å². The highest BCUT2D eigenvalue weighted by Gasteiger charge is 2.26. The van der Waals surface area contributed by atoms with Crippen LogP contribution in [0.3, 0.4) is 0 Å². The van der Waals surface area contributed by atoms with E-state index in [0.29, 0.717) is 17.9 Å². The molecule has 1 heterocycles. The van der Waals surface area contributed by atoms with Crippen LogP contribution in [0.1, 0.15) is 11.6 Å². The molecule has 1 atom stereocenters. The van der Waals surface area contributed by atoms with Crippen LogP contribution in [0.2, 0.25) is 0 Å². The van der Waals surface area contributed by atoms with Crippen LogP contribution in [0.15, 0.2) is 18.2 Å². The number of nitrogens with one attached hydrogen (secondary N) is 1. The van der Waals surface area contributed by atoms with E-state index in [4.69, 9.17) is 9.47 Å². The molecule has 1 aromatic carbocycles. The number of carbonyl (C=O) groups is 2. The Kier molecular flexibility index (Phi) is 4.52. The Labute approximate surface area is 122 Å². The summed E-state index contributed by atoms with van der Waals surface area (Å²) in [7, 11) is 4.46. The molecule has 0 saturated carbocycles. The Morgan fingerprint density at radius 1 is 1.33 bits per heavy atom. The summed E-state index contributed by atoms with van der Waals surface area (Å²) in [5.74, 6) is 0.0892. The summed E-state index contributed by atoms with van der Waals surface area (Å²) in [5, 5.41) is 2.45. The minimum atomic E-state index is -0.941. The lowest BCUT2D eigenvalue weighted by molar-refractivity contribution is -0.143. The van der Waals surface area contributed by atoms with Crippen LogP contribution < -0.4 is 15.0 Å². The van der Waals surface area contributed by atoms with Gasteiger partial charge in [0.2, 0.25) is 0 Å². The van der Waals surface area contributed by atoms with Crippen LogP contribution in [0.25, 0.3) is 0 Å². The van der Waals surface area contributed by atoms with Crippen molar-refractivity contribution in [1.29, 1.82) is 0 Å². The summed E-state index contributed by atoms with van der Waals surface area (Å²) in [6.45, 7) is 1.37. The molecule has 0 aromatic heterocycles. The van der Waals surface area contributed by atoms with Crippen molar-refractivity contribution in [3.05, 3.63) is 23.8 Å². The molecule has 2 rings (SSSR count). The predicted octanol–water partition coefficient (Wildman–Crippen LogP) is 1.09. The number of nitrogens with zero attached hydrogens (tertiary/aromatic N) is 1. The number of carbonyl (C=O) groups excluding carboxylic acids is 2. The summed E-state index contributed by atoms with van der Waals surface area (Å²) in [6, 6.07) is 4.38. The number of methoxy groups -OCH3 is 2. The van der Waals surface area contributed by atoms with Crippen molar-refractivity contribution >= 4 is 17.7 Å². The summed E-state index contributed by atoms with van der Waals surface area (Å²) < 4.78 is 14.8. The fourth-order valence-corrected chi connectivity index (χ4v) is 2.13. The molecule has 1 amide bonds. The van der Waals surface area contributed by atoms with Gasteiger partial charge in [0.25, 0.3) is 0 Å². The van der Waals surface area contributed by atoms with Crippen LogP contribution in [-0.4, -0.2) is 46.5 Å². The third-order valence-electron chi connectivity index (χ3n) is 3.30. The number of ether oxygens (including phenoxy) is 3. The lowest BCUT2D eigenvalue weighted by Crippen LogP contribution is -2.35. The van der Waals surface area contributed by atoms with Gasteiger partial charge in [0.05, 0.1) is 26.5 Å². The molecule has 1 aromatic rings. The highest BCUT2D eigenvalue weighted by Crippen LogP contribution is 2.33. The number of amides is 1. The van der Waals surface area contributed by atoms with Crippen molar-refractivity contribution in [2.75, 3.05) is 39.3 Å². The van der Waals surface area contributed by atoms with E-state index in [1.165, 1.54) is 14.2 Å². The lowest BCUT2D eigenvalue weighted by atomic mass is 10.1. The van der Waals surface area contributed by atoms with Gasteiger partial charge in [-0.3, -0.25) is 0 Å². The van der Waals surface area contributed by atoms with E-state index < -0.39 is 18.1 Å². The first kappa shape index (κ1) is 15.0. The fourth-order valence-electron chi connectivity index (χ4n) is 2.13. The second kappa shape index (κ2) is 6.34. The van der Waals surface area contributed by atoms with Gasteiger partial charge in [0.15, 0.2) is 6.04 Å². The number of benzene rings is 1. The van der Waals surface area contributed by atoms with Crippen molar-refractivity contribution in [1.82, 2.24) is 5.32 Å². The first-order valence-corrected chi connectivity index (χ1v) is 6.47. The zero-order valence-corrected chi connectivity index (χ0v) is 12.2. The van der Waals surface area contributed by atoms with Gasteiger partial charge >= 0.3 is 12.1 Å². The highest BCUT2D eigenvalue weighted by molar-refractivity contribution is 5.83. The third kappa shape index (κ3) is 3.18. The summed E-state index contributed by atoms with van der Waals surface area (Å²) >= 11 is 0. The second-order valence-corrected chi connectivity index (χ2v) is 4.59.